The lowest BCUT2D eigenvalue weighted by molar-refractivity contribution is 1.29. The zero-order valence-corrected chi connectivity index (χ0v) is 6.47. The molecule has 0 aromatic carbocycles. The van der Waals surface area contributed by atoms with Crippen molar-refractivity contribution in [3.05, 3.63) is 35.1 Å². The molecule has 0 spiro atoms. The summed E-state index contributed by atoms with van der Waals surface area (Å²) in [4.78, 5) is 4.05. The van der Waals surface area contributed by atoms with Gasteiger partial charge in [-0.15, -0.1) is 0 Å². The van der Waals surface area contributed by atoms with Gasteiger partial charge >= 0.3 is 0 Å². The minimum atomic E-state index is 0.674. The Kier molecular flexibility index (Phi) is 2.46. The van der Waals surface area contributed by atoms with Gasteiger partial charge in [0.2, 0.25) is 0 Å². The minimum absolute atomic E-state index is 0.674. The van der Waals surface area contributed by atoms with Gasteiger partial charge in [-0.1, -0.05) is 17.7 Å². The molecule has 0 saturated heterocycles. The number of pyridine rings is 1. The lowest BCUT2D eigenvalue weighted by atomic mass is 10.3. The predicted molar refractivity (Wildman–Crippen MR) is 44.0 cm³/mol. The van der Waals surface area contributed by atoms with Crippen molar-refractivity contribution in [1.29, 1.82) is 0 Å². The minimum Gasteiger partial charge on any atom is -0.255 e. The maximum Gasteiger partial charge on any atom is 0.0627 e. The average molecular weight is 154 g/mol. The Morgan fingerprint density at radius 2 is 2.30 bits per heavy atom. The molecule has 1 aromatic rings. The first-order valence-corrected chi connectivity index (χ1v) is 3.45. The molecule has 0 atom stereocenters. The van der Waals surface area contributed by atoms with Crippen molar-refractivity contribution < 1.29 is 0 Å². The van der Waals surface area contributed by atoms with Gasteiger partial charge in [0.15, 0.2) is 0 Å². The van der Waals surface area contributed by atoms with Crippen LogP contribution in [0.1, 0.15) is 12.6 Å². The Bertz CT molecular complexity index is 226. The fraction of sp³-hybridized carbons (Fsp3) is 0.125. The summed E-state index contributed by atoms with van der Waals surface area (Å²) in [5.41, 5.74) is 0.937. The lowest BCUT2D eigenvalue weighted by Crippen LogP contribution is -1.76. The molecule has 1 nitrogen and oxygen atoms in total. The molecule has 1 rings (SSSR count). The molecule has 52 valence electrons. The summed E-state index contributed by atoms with van der Waals surface area (Å²) in [5.74, 6) is 0. The Labute approximate surface area is 65.4 Å². The summed E-state index contributed by atoms with van der Waals surface area (Å²) < 4.78 is 0. The van der Waals surface area contributed by atoms with Crippen molar-refractivity contribution in [3.8, 4) is 0 Å². The standard InChI is InChI=1S/C8H8ClN/c1-2-3-8-5-4-7(9)6-10-8/h2-6H,1H3/b3-2+. The number of aromatic nitrogens is 1. The maximum absolute atomic E-state index is 5.63. The molecule has 0 amide bonds. The molecule has 1 aromatic heterocycles. The van der Waals surface area contributed by atoms with Gasteiger partial charge in [0.05, 0.1) is 10.7 Å². The Hall–Kier alpha value is -0.820. The Morgan fingerprint density at radius 1 is 1.50 bits per heavy atom. The van der Waals surface area contributed by atoms with Gasteiger partial charge in [-0.3, -0.25) is 4.98 Å². The monoisotopic (exact) mass is 153 g/mol. The lowest BCUT2D eigenvalue weighted by Gasteiger charge is -1.90. The summed E-state index contributed by atoms with van der Waals surface area (Å²) in [5, 5.41) is 0.674. The molecular weight excluding hydrogens is 146 g/mol. The molecule has 0 saturated carbocycles. The highest BCUT2D eigenvalue weighted by atomic mass is 35.5. The number of allylic oxidation sites excluding steroid dienone is 1. The van der Waals surface area contributed by atoms with Crippen LogP contribution in [0.15, 0.2) is 24.4 Å². The zero-order valence-electron chi connectivity index (χ0n) is 5.71. The number of halogens is 1. The maximum atomic E-state index is 5.63. The molecule has 10 heavy (non-hydrogen) atoms. The summed E-state index contributed by atoms with van der Waals surface area (Å²) in [6.45, 7) is 1.95. The van der Waals surface area contributed by atoms with E-state index in [0.29, 0.717) is 5.02 Å². The van der Waals surface area contributed by atoms with E-state index in [1.807, 2.05) is 31.2 Å². The summed E-state index contributed by atoms with van der Waals surface area (Å²) in [6.07, 6.45) is 5.50. The highest BCUT2D eigenvalue weighted by molar-refractivity contribution is 6.30. The van der Waals surface area contributed by atoms with E-state index in [4.69, 9.17) is 11.6 Å². The van der Waals surface area contributed by atoms with E-state index in [1.54, 1.807) is 6.20 Å². The van der Waals surface area contributed by atoms with Crippen LogP contribution in [-0.4, -0.2) is 4.98 Å². The second-order valence-electron chi connectivity index (χ2n) is 1.90. The molecule has 0 aliphatic rings. The average Bonchev–Trinajstić information content (AvgIpc) is 1.95. The molecule has 0 radical (unpaired) electrons. The van der Waals surface area contributed by atoms with Gasteiger partial charge < -0.3 is 0 Å². The van der Waals surface area contributed by atoms with Crippen molar-refractivity contribution in [2.24, 2.45) is 0 Å². The first-order valence-electron chi connectivity index (χ1n) is 3.07. The fourth-order valence-corrected chi connectivity index (χ4v) is 0.768. The number of nitrogens with zero attached hydrogens (tertiary/aromatic N) is 1. The van der Waals surface area contributed by atoms with Crippen LogP contribution in [0.25, 0.3) is 6.08 Å². The molecule has 0 N–H and O–H groups in total. The van der Waals surface area contributed by atoms with Gasteiger partial charge in [-0.2, -0.15) is 0 Å². The summed E-state index contributed by atoms with van der Waals surface area (Å²) in [7, 11) is 0. The second-order valence-corrected chi connectivity index (χ2v) is 2.34. The molecule has 0 fully saturated rings. The highest BCUT2D eigenvalue weighted by Crippen LogP contribution is 2.06. The van der Waals surface area contributed by atoms with Crippen molar-refractivity contribution >= 4 is 17.7 Å². The summed E-state index contributed by atoms with van der Waals surface area (Å²) >= 11 is 5.63. The van der Waals surface area contributed by atoms with Crippen molar-refractivity contribution in [1.82, 2.24) is 4.98 Å². The van der Waals surface area contributed by atoms with Crippen LogP contribution in [0.2, 0.25) is 5.02 Å². The van der Waals surface area contributed by atoms with E-state index >= 15 is 0 Å². The quantitative estimate of drug-likeness (QED) is 0.605. The predicted octanol–water partition coefficient (Wildman–Crippen LogP) is 2.77. The van der Waals surface area contributed by atoms with Gasteiger partial charge in [0, 0.05) is 6.20 Å². The molecule has 0 bridgehead atoms. The van der Waals surface area contributed by atoms with Crippen LogP contribution in [0.3, 0.4) is 0 Å². The highest BCUT2D eigenvalue weighted by Gasteiger charge is 1.86. The van der Waals surface area contributed by atoms with Crippen molar-refractivity contribution in [3.63, 3.8) is 0 Å². The molecule has 1 heterocycles. The molecule has 0 unspecified atom stereocenters. The van der Waals surface area contributed by atoms with E-state index in [-0.39, 0.29) is 0 Å². The van der Waals surface area contributed by atoms with Crippen molar-refractivity contribution in [2.45, 2.75) is 6.92 Å². The molecule has 0 aliphatic heterocycles. The summed E-state index contributed by atoms with van der Waals surface area (Å²) in [6, 6.07) is 3.70. The number of rotatable bonds is 1. The largest absolute Gasteiger partial charge is 0.255 e. The van der Waals surface area contributed by atoms with Crippen LogP contribution >= 0.6 is 11.6 Å². The van der Waals surface area contributed by atoms with Gasteiger partial charge in [-0.25, -0.2) is 0 Å². The molecule has 2 heteroatoms. The first-order chi connectivity index (χ1) is 4.83. The fourth-order valence-electron chi connectivity index (χ4n) is 0.657. The van der Waals surface area contributed by atoms with E-state index in [1.165, 1.54) is 0 Å². The van der Waals surface area contributed by atoms with Gasteiger partial charge in [0.25, 0.3) is 0 Å². The van der Waals surface area contributed by atoms with Gasteiger partial charge in [-0.05, 0) is 25.1 Å². The zero-order chi connectivity index (χ0) is 7.40. The van der Waals surface area contributed by atoms with Crippen LogP contribution in [-0.2, 0) is 0 Å². The van der Waals surface area contributed by atoms with Crippen LogP contribution in [0, 0.1) is 0 Å². The van der Waals surface area contributed by atoms with Gasteiger partial charge in [0.1, 0.15) is 0 Å². The second kappa shape index (κ2) is 3.37. The normalized spacial score (nSPS) is 10.6. The van der Waals surface area contributed by atoms with Crippen LogP contribution in [0.4, 0.5) is 0 Å². The Balaban J connectivity index is 2.89. The molecular formula is C8H8ClN. The number of hydrogen-bond acceptors (Lipinski definition) is 1. The number of hydrogen-bond donors (Lipinski definition) is 0. The van der Waals surface area contributed by atoms with E-state index in [9.17, 15) is 0 Å². The smallest absolute Gasteiger partial charge is 0.0627 e. The van der Waals surface area contributed by atoms with Crippen LogP contribution < -0.4 is 0 Å². The third-order valence-corrected chi connectivity index (χ3v) is 1.31. The van der Waals surface area contributed by atoms with Crippen LogP contribution in [0.5, 0.6) is 0 Å². The third kappa shape index (κ3) is 1.85. The van der Waals surface area contributed by atoms with E-state index < -0.39 is 0 Å². The first kappa shape index (κ1) is 7.29. The van der Waals surface area contributed by atoms with E-state index in [2.05, 4.69) is 4.98 Å². The molecule has 0 aliphatic carbocycles. The van der Waals surface area contributed by atoms with Crippen molar-refractivity contribution in [2.75, 3.05) is 0 Å². The third-order valence-electron chi connectivity index (χ3n) is 1.09. The SMILES string of the molecule is C/C=C/c1ccc(Cl)cn1. The van der Waals surface area contributed by atoms with E-state index in [0.717, 1.165) is 5.69 Å². The topological polar surface area (TPSA) is 12.9 Å². The Morgan fingerprint density at radius 3 is 2.80 bits per heavy atom.